The van der Waals surface area contributed by atoms with Crippen LogP contribution in [0.25, 0.3) is 0 Å². The second-order valence-electron chi connectivity index (χ2n) is 3.56. The van der Waals surface area contributed by atoms with Gasteiger partial charge in [-0.3, -0.25) is 9.59 Å². The van der Waals surface area contributed by atoms with Crippen LogP contribution >= 0.6 is 19.0 Å². The fourth-order valence-corrected chi connectivity index (χ4v) is 2.04. The second kappa shape index (κ2) is 12.4. The van der Waals surface area contributed by atoms with Crippen molar-refractivity contribution < 1.29 is 18.6 Å². The first-order valence-electron chi connectivity index (χ1n) is 5.92. The summed E-state index contributed by atoms with van der Waals surface area (Å²) in [6.45, 7) is 6.72. The van der Waals surface area contributed by atoms with Gasteiger partial charge in [-0.05, 0) is 30.2 Å². The Kier molecular flexibility index (Phi) is 11.9. The van der Waals surface area contributed by atoms with Crippen molar-refractivity contribution in [1.29, 1.82) is 0 Å². The maximum absolute atomic E-state index is 10.8. The molecule has 0 rings (SSSR count). The molecule has 0 aliphatic rings. The van der Waals surface area contributed by atoms with Crippen LogP contribution in [0, 0.1) is 0 Å². The van der Waals surface area contributed by atoms with Gasteiger partial charge in [0.25, 0.3) is 7.73 Å². The lowest BCUT2D eigenvalue weighted by Crippen LogP contribution is -2.22. The van der Waals surface area contributed by atoms with Crippen LogP contribution in [0.15, 0.2) is 12.7 Å². The van der Waals surface area contributed by atoms with E-state index in [2.05, 4.69) is 17.2 Å². The van der Waals surface area contributed by atoms with E-state index in [-0.39, 0.29) is 11.8 Å². The molecule has 0 aliphatic heterocycles. The van der Waals surface area contributed by atoms with Gasteiger partial charge in [0.1, 0.15) is 0 Å². The number of rotatable bonds is 11. The summed E-state index contributed by atoms with van der Waals surface area (Å²) in [5.74, 6) is -0.270. The first-order chi connectivity index (χ1) is 9.06. The molecule has 0 saturated heterocycles. The largest absolute Gasteiger partial charge is 0.356 e. The van der Waals surface area contributed by atoms with Crippen LogP contribution in [0.2, 0.25) is 0 Å². The molecular formula is C11H20ClN2O4P. The fraction of sp³-hybridized carbons (Fsp3) is 0.636. The van der Waals surface area contributed by atoms with Crippen LogP contribution in [0.1, 0.15) is 19.8 Å². The van der Waals surface area contributed by atoms with Crippen molar-refractivity contribution in [3.63, 3.8) is 0 Å². The zero-order valence-electron chi connectivity index (χ0n) is 11.0. The number of nitrogens with one attached hydrogen (secondary N) is 2. The first-order valence-corrected chi connectivity index (χ1v) is 8.01. The third-order valence-electron chi connectivity index (χ3n) is 1.89. The number of halogens is 1. The van der Waals surface area contributed by atoms with E-state index in [1.54, 1.807) is 0 Å². The molecule has 2 N–H and O–H groups in total. The Morgan fingerprint density at radius 2 is 1.74 bits per heavy atom. The van der Waals surface area contributed by atoms with Crippen molar-refractivity contribution in [1.82, 2.24) is 10.6 Å². The van der Waals surface area contributed by atoms with Gasteiger partial charge in [0.05, 0.1) is 13.2 Å². The van der Waals surface area contributed by atoms with Crippen LogP contribution in [0.4, 0.5) is 0 Å². The lowest BCUT2D eigenvalue weighted by atomic mass is 10.4. The fourth-order valence-electron chi connectivity index (χ4n) is 1.00. The molecule has 0 heterocycles. The monoisotopic (exact) mass is 310 g/mol. The van der Waals surface area contributed by atoms with E-state index < -0.39 is 7.73 Å². The highest BCUT2D eigenvalue weighted by molar-refractivity contribution is 7.76. The van der Waals surface area contributed by atoms with Gasteiger partial charge in [-0.15, -0.1) is 0 Å². The summed E-state index contributed by atoms with van der Waals surface area (Å²) in [7, 11) is -1.42. The third kappa shape index (κ3) is 13.6. The van der Waals surface area contributed by atoms with E-state index >= 15 is 0 Å². The van der Waals surface area contributed by atoms with Gasteiger partial charge < -0.3 is 19.7 Å². The van der Waals surface area contributed by atoms with Crippen molar-refractivity contribution in [2.24, 2.45) is 0 Å². The van der Waals surface area contributed by atoms with Crippen LogP contribution in [-0.2, 0) is 18.6 Å². The van der Waals surface area contributed by atoms with Crippen LogP contribution < -0.4 is 10.6 Å². The molecule has 0 radical (unpaired) electrons. The Bertz CT molecular complexity index is 292. The molecule has 8 heteroatoms. The van der Waals surface area contributed by atoms with Crippen LogP contribution in [-0.4, -0.2) is 38.1 Å². The Morgan fingerprint density at radius 3 is 2.21 bits per heavy atom. The number of hydrogen-bond donors (Lipinski definition) is 2. The predicted molar refractivity (Wildman–Crippen MR) is 75.8 cm³/mol. The van der Waals surface area contributed by atoms with E-state index in [0.717, 1.165) is 0 Å². The number of hydrogen-bond acceptors (Lipinski definition) is 4. The van der Waals surface area contributed by atoms with Gasteiger partial charge in [0, 0.05) is 20.0 Å². The Hall–Kier alpha value is -0.680. The van der Waals surface area contributed by atoms with E-state index in [4.69, 9.17) is 20.3 Å². The summed E-state index contributed by atoms with van der Waals surface area (Å²) in [6.07, 6.45) is 2.55. The van der Waals surface area contributed by atoms with Gasteiger partial charge in [0.2, 0.25) is 11.8 Å². The average molecular weight is 311 g/mol. The lowest BCUT2D eigenvalue weighted by molar-refractivity contribution is -0.119. The van der Waals surface area contributed by atoms with Gasteiger partial charge in [-0.25, -0.2) is 0 Å². The van der Waals surface area contributed by atoms with Crippen molar-refractivity contribution in [2.45, 2.75) is 19.8 Å². The normalized spacial score (nSPS) is 11.7. The van der Waals surface area contributed by atoms with Gasteiger partial charge in [-0.2, -0.15) is 0 Å². The molecule has 19 heavy (non-hydrogen) atoms. The van der Waals surface area contributed by atoms with Crippen molar-refractivity contribution in [3.8, 4) is 0 Å². The molecule has 0 aromatic rings. The van der Waals surface area contributed by atoms with E-state index in [1.165, 1.54) is 13.0 Å². The molecule has 0 fully saturated rings. The zero-order valence-corrected chi connectivity index (χ0v) is 12.6. The highest BCUT2D eigenvalue weighted by atomic mass is 35.7. The minimum atomic E-state index is -1.42. The van der Waals surface area contributed by atoms with Crippen molar-refractivity contribution >= 4 is 30.8 Å². The molecule has 110 valence electrons. The van der Waals surface area contributed by atoms with Gasteiger partial charge in [-0.1, -0.05) is 6.58 Å². The standard InChI is InChI=1S/C11H20ClN2O4P/c1-3-11(16)14-7-5-9-18-19(12)17-8-4-6-13-10(2)15/h3H,1,4-9H2,2H3,(H,13,15)(H,14,16). The highest BCUT2D eigenvalue weighted by Gasteiger charge is 2.05. The molecule has 2 amide bonds. The van der Waals surface area contributed by atoms with Crippen LogP contribution in [0.3, 0.4) is 0 Å². The smallest absolute Gasteiger partial charge is 0.276 e. The minimum absolute atomic E-state index is 0.0639. The Balaban J connectivity index is 3.30. The summed E-state index contributed by atoms with van der Waals surface area (Å²) < 4.78 is 10.5. The second-order valence-corrected chi connectivity index (χ2v) is 5.33. The lowest BCUT2D eigenvalue weighted by Gasteiger charge is -2.10. The Labute approximate surface area is 119 Å². The Morgan fingerprint density at radius 1 is 1.21 bits per heavy atom. The number of carbonyl (C=O) groups excluding carboxylic acids is 2. The molecule has 0 aromatic heterocycles. The molecule has 0 aromatic carbocycles. The van der Waals surface area contributed by atoms with Gasteiger partial charge in [0.15, 0.2) is 0 Å². The molecular weight excluding hydrogens is 291 g/mol. The molecule has 6 nitrogen and oxygen atoms in total. The summed E-state index contributed by atoms with van der Waals surface area (Å²) in [5.41, 5.74) is 0. The maximum Gasteiger partial charge on any atom is 0.276 e. The highest BCUT2D eigenvalue weighted by Crippen LogP contribution is 2.43. The predicted octanol–water partition coefficient (Wildman–Crippen LogP) is 1.70. The van der Waals surface area contributed by atoms with Crippen molar-refractivity contribution in [2.75, 3.05) is 26.3 Å². The third-order valence-corrected chi connectivity index (χ3v) is 3.24. The molecule has 0 saturated carbocycles. The summed E-state index contributed by atoms with van der Waals surface area (Å²) >= 11 is 5.82. The quantitative estimate of drug-likeness (QED) is 0.346. The van der Waals surface area contributed by atoms with Crippen molar-refractivity contribution in [3.05, 3.63) is 12.7 Å². The van der Waals surface area contributed by atoms with Gasteiger partial charge >= 0.3 is 0 Å². The molecule has 1 unspecified atom stereocenters. The van der Waals surface area contributed by atoms with E-state index in [1.807, 2.05) is 0 Å². The number of carbonyl (C=O) groups is 2. The zero-order chi connectivity index (χ0) is 14.5. The minimum Gasteiger partial charge on any atom is -0.356 e. The average Bonchev–Trinajstić information content (AvgIpc) is 2.37. The molecule has 0 bridgehead atoms. The van der Waals surface area contributed by atoms with E-state index in [0.29, 0.717) is 39.1 Å². The molecule has 0 spiro atoms. The SMILES string of the molecule is C=CC(=O)NCCCOP(Cl)OCCCNC(C)=O. The molecule has 1 atom stereocenters. The first kappa shape index (κ1) is 18.3. The van der Waals surface area contributed by atoms with Crippen LogP contribution in [0.5, 0.6) is 0 Å². The summed E-state index contributed by atoms with van der Waals surface area (Å²) in [4.78, 5) is 21.4. The topological polar surface area (TPSA) is 76.7 Å². The summed E-state index contributed by atoms with van der Waals surface area (Å²) in [6, 6.07) is 0. The number of amides is 2. The molecule has 0 aliphatic carbocycles. The summed E-state index contributed by atoms with van der Waals surface area (Å²) in [5, 5.41) is 5.27. The van der Waals surface area contributed by atoms with E-state index in [9.17, 15) is 9.59 Å². The maximum atomic E-state index is 10.8.